The third kappa shape index (κ3) is 2.90. The SMILES string of the molecule is CNC[C@@H]1CCCN1C(=O)c1ccc(C(N)=O)nc1. The number of hydrogen-bond acceptors (Lipinski definition) is 4. The van der Waals surface area contributed by atoms with Crippen molar-refractivity contribution in [3.05, 3.63) is 29.6 Å². The minimum absolute atomic E-state index is 0.0405. The average molecular weight is 262 g/mol. The number of amides is 2. The van der Waals surface area contributed by atoms with Gasteiger partial charge in [-0.05, 0) is 32.0 Å². The molecule has 1 saturated heterocycles. The molecule has 0 aliphatic carbocycles. The van der Waals surface area contributed by atoms with Crippen LogP contribution < -0.4 is 11.1 Å². The average Bonchev–Trinajstić information content (AvgIpc) is 2.87. The van der Waals surface area contributed by atoms with Gasteiger partial charge in [-0.1, -0.05) is 0 Å². The lowest BCUT2D eigenvalue weighted by atomic mass is 10.2. The molecule has 1 atom stereocenters. The maximum Gasteiger partial charge on any atom is 0.267 e. The Morgan fingerprint density at radius 2 is 2.32 bits per heavy atom. The van der Waals surface area contributed by atoms with Crippen LogP contribution in [0.1, 0.15) is 33.7 Å². The van der Waals surface area contributed by atoms with E-state index in [1.54, 1.807) is 6.07 Å². The minimum atomic E-state index is -0.590. The highest BCUT2D eigenvalue weighted by Crippen LogP contribution is 2.19. The number of pyridine rings is 1. The normalized spacial score (nSPS) is 18.6. The third-order valence-corrected chi connectivity index (χ3v) is 3.34. The van der Waals surface area contributed by atoms with Crippen LogP contribution in [0.4, 0.5) is 0 Å². The van der Waals surface area contributed by atoms with E-state index in [4.69, 9.17) is 5.73 Å². The summed E-state index contributed by atoms with van der Waals surface area (Å²) in [5.41, 5.74) is 5.78. The second kappa shape index (κ2) is 5.79. The molecule has 2 heterocycles. The van der Waals surface area contributed by atoms with Crippen LogP contribution in [-0.2, 0) is 0 Å². The van der Waals surface area contributed by atoms with E-state index in [0.717, 1.165) is 25.9 Å². The molecule has 3 N–H and O–H groups in total. The number of likely N-dealkylation sites (tertiary alicyclic amines) is 1. The lowest BCUT2D eigenvalue weighted by Crippen LogP contribution is -2.40. The fourth-order valence-electron chi connectivity index (χ4n) is 2.38. The van der Waals surface area contributed by atoms with E-state index in [1.807, 2.05) is 11.9 Å². The lowest BCUT2D eigenvalue weighted by molar-refractivity contribution is 0.0736. The van der Waals surface area contributed by atoms with E-state index < -0.39 is 5.91 Å². The maximum atomic E-state index is 12.4. The van der Waals surface area contributed by atoms with Crippen molar-refractivity contribution < 1.29 is 9.59 Å². The molecular formula is C13H18N4O2. The zero-order valence-electron chi connectivity index (χ0n) is 10.9. The van der Waals surface area contributed by atoms with Crippen molar-refractivity contribution in [1.82, 2.24) is 15.2 Å². The number of carbonyl (C=O) groups is 2. The highest BCUT2D eigenvalue weighted by Gasteiger charge is 2.28. The molecule has 1 aliphatic rings. The first-order chi connectivity index (χ1) is 9.13. The Hall–Kier alpha value is -1.95. The van der Waals surface area contributed by atoms with E-state index in [1.165, 1.54) is 12.3 Å². The fourth-order valence-corrected chi connectivity index (χ4v) is 2.38. The van der Waals surface area contributed by atoms with Gasteiger partial charge in [-0.25, -0.2) is 0 Å². The molecule has 2 rings (SSSR count). The van der Waals surface area contributed by atoms with Crippen LogP contribution in [0, 0.1) is 0 Å². The van der Waals surface area contributed by atoms with E-state index in [-0.39, 0.29) is 17.6 Å². The van der Waals surface area contributed by atoms with Gasteiger partial charge < -0.3 is 16.0 Å². The summed E-state index contributed by atoms with van der Waals surface area (Å²) in [6.45, 7) is 1.56. The van der Waals surface area contributed by atoms with Crippen LogP contribution >= 0.6 is 0 Å². The van der Waals surface area contributed by atoms with E-state index in [2.05, 4.69) is 10.3 Å². The molecule has 1 aliphatic heterocycles. The molecule has 6 heteroatoms. The highest BCUT2D eigenvalue weighted by atomic mass is 16.2. The van der Waals surface area contributed by atoms with Crippen LogP contribution in [-0.4, -0.2) is 47.9 Å². The monoisotopic (exact) mass is 262 g/mol. The molecule has 0 aromatic carbocycles. The summed E-state index contributed by atoms with van der Waals surface area (Å²) in [4.78, 5) is 29.0. The summed E-state index contributed by atoms with van der Waals surface area (Å²) in [5, 5.41) is 3.10. The summed E-state index contributed by atoms with van der Waals surface area (Å²) < 4.78 is 0. The number of nitrogens with one attached hydrogen (secondary N) is 1. The number of primary amides is 1. The van der Waals surface area contributed by atoms with E-state index >= 15 is 0 Å². The summed E-state index contributed by atoms with van der Waals surface area (Å²) in [7, 11) is 1.88. The first-order valence-electron chi connectivity index (χ1n) is 6.35. The highest BCUT2D eigenvalue weighted by molar-refractivity contribution is 5.96. The number of likely N-dealkylation sites (N-methyl/N-ethyl adjacent to an activating group) is 1. The quantitative estimate of drug-likeness (QED) is 0.799. The minimum Gasteiger partial charge on any atom is -0.364 e. The second-order valence-corrected chi connectivity index (χ2v) is 4.65. The van der Waals surface area contributed by atoms with Crippen molar-refractivity contribution in [2.24, 2.45) is 5.73 Å². The molecule has 1 aromatic rings. The van der Waals surface area contributed by atoms with Gasteiger partial charge in [0.15, 0.2) is 0 Å². The van der Waals surface area contributed by atoms with E-state index in [9.17, 15) is 9.59 Å². The van der Waals surface area contributed by atoms with Crippen LogP contribution in [0.5, 0.6) is 0 Å². The Labute approximate surface area is 112 Å². The van der Waals surface area contributed by atoms with Gasteiger partial charge in [-0.3, -0.25) is 14.6 Å². The topological polar surface area (TPSA) is 88.3 Å². The zero-order valence-corrected chi connectivity index (χ0v) is 10.9. The maximum absolute atomic E-state index is 12.4. The van der Waals surface area contributed by atoms with Crippen molar-refractivity contribution in [3.8, 4) is 0 Å². The second-order valence-electron chi connectivity index (χ2n) is 4.65. The molecule has 102 valence electrons. The van der Waals surface area contributed by atoms with Crippen molar-refractivity contribution in [2.75, 3.05) is 20.1 Å². The van der Waals surface area contributed by atoms with Crippen molar-refractivity contribution in [3.63, 3.8) is 0 Å². The Bertz CT molecular complexity index is 472. The Kier molecular flexibility index (Phi) is 4.11. The van der Waals surface area contributed by atoms with Crippen molar-refractivity contribution >= 4 is 11.8 Å². The Morgan fingerprint density at radius 3 is 2.89 bits per heavy atom. The van der Waals surface area contributed by atoms with Gasteiger partial charge in [-0.15, -0.1) is 0 Å². The van der Waals surface area contributed by atoms with E-state index in [0.29, 0.717) is 5.56 Å². The number of nitrogens with zero attached hydrogens (tertiary/aromatic N) is 2. The summed E-state index contributed by atoms with van der Waals surface area (Å²) >= 11 is 0. The largest absolute Gasteiger partial charge is 0.364 e. The van der Waals surface area contributed by atoms with Crippen LogP contribution in [0.2, 0.25) is 0 Å². The number of hydrogen-bond donors (Lipinski definition) is 2. The molecule has 0 spiro atoms. The number of carbonyl (C=O) groups excluding carboxylic acids is 2. The summed E-state index contributed by atoms with van der Waals surface area (Å²) in [6.07, 6.45) is 3.45. The zero-order chi connectivity index (χ0) is 13.8. The first-order valence-corrected chi connectivity index (χ1v) is 6.35. The standard InChI is InChI=1S/C13H18N4O2/c1-15-8-10-3-2-6-17(10)13(19)9-4-5-11(12(14)18)16-7-9/h4-5,7,10,15H,2-3,6,8H2,1H3,(H2,14,18)/t10-/m0/s1. The lowest BCUT2D eigenvalue weighted by Gasteiger charge is -2.24. The molecule has 1 aromatic heterocycles. The van der Waals surface area contributed by atoms with Gasteiger partial charge in [0, 0.05) is 25.3 Å². The molecule has 0 saturated carbocycles. The number of aromatic nitrogens is 1. The van der Waals surface area contributed by atoms with Gasteiger partial charge in [0.1, 0.15) is 5.69 Å². The van der Waals surface area contributed by atoms with Crippen LogP contribution in [0.15, 0.2) is 18.3 Å². The van der Waals surface area contributed by atoms with Crippen molar-refractivity contribution in [2.45, 2.75) is 18.9 Å². The Balaban J connectivity index is 2.12. The van der Waals surface area contributed by atoms with Gasteiger partial charge in [0.2, 0.25) is 0 Å². The van der Waals surface area contributed by atoms with Crippen LogP contribution in [0.3, 0.4) is 0 Å². The summed E-state index contributed by atoms with van der Waals surface area (Å²) in [5.74, 6) is -0.630. The van der Waals surface area contributed by atoms with Gasteiger partial charge >= 0.3 is 0 Å². The summed E-state index contributed by atoms with van der Waals surface area (Å²) in [6, 6.07) is 3.32. The number of nitrogens with two attached hydrogens (primary N) is 1. The molecule has 0 unspecified atom stereocenters. The molecule has 19 heavy (non-hydrogen) atoms. The smallest absolute Gasteiger partial charge is 0.267 e. The van der Waals surface area contributed by atoms with Crippen LogP contribution in [0.25, 0.3) is 0 Å². The predicted octanol–water partition coefficient (Wildman–Crippen LogP) is 0.00450. The Morgan fingerprint density at radius 1 is 1.53 bits per heavy atom. The van der Waals surface area contributed by atoms with Gasteiger partial charge in [-0.2, -0.15) is 0 Å². The molecule has 0 bridgehead atoms. The number of rotatable bonds is 4. The third-order valence-electron chi connectivity index (χ3n) is 3.34. The molecule has 6 nitrogen and oxygen atoms in total. The fraction of sp³-hybridized carbons (Fsp3) is 0.462. The molecule has 0 radical (unpaired) electrons. The first kappa shape index (κ1) is 13.5. The molecule has 1 fully saturated rings. The molecular weight excluding hydrogens is 244 g/mol. The van der Waals surface area contributed by atoms with Gasteiger partial charge in [0.05, 0.1) is 5.56 Å². The molecule has 2 amide bonds. The van der Waals surface area contributed by atoms with Crippen molar-refractivity contribution in [1.29, 1.82) is 0 Å². The predicted molar refractivity (Wildman–Crippen MR) is 70.7 cm³/mol. The van der Waals surface area contributed by atoms with Gasteiger partial charge in [0.25, 0.3) is 11.8 Å².